The van der Waals surface area contributed by atoms with Gasteiger partial charge in [-0.05, 0) is 10.6 Å². The first kappa shape index (κ1) is 6.46. The van der Waals surface area contributed by atoms with Crippen molar-refractivity contribution in [3.63, 3.8) is 0 Å². The molecular weight excluding hydrogens is 139 g/mol. The van der Waals surface area contributed by atoms with Gasteiger partial charge in [0.15, 0.2) is 0 Å². The van der Waals surface area contributed by atoms with Gasteiger partial charge in [-0.2, -0.15) is 4.89 Å². The minimum absolute atomic E-state index is 0.186. The number of furan rings is 1. The lowest BCUT2D eigenvalue weighted by molar-refractivity contribution is 0.501. The molecule has 1 N–H and O–H groups in total. The lowest BCUT2D eigenvalue weighted by Crippen LogP contribution is -1.70. The average Bonchev–Trinajstić information content (AvgIpc) is 2.15. The van der Waals surface area contributed by atoms with Crippen molar-refractivity contribution in [3.05, 3.63) is 24.2 Å². The van der Waals surface area contributed by atoms with Crippen LogP contribution in [0.5, 0.6) is 0 Å². The molecule has 0 spiro atoms. The van der Waals surface area contributed by atoms with E-state index in [9.17, 15) is 4.57 Å². The first-order valence-corrected chi connectivity index (χ1v) is 3.83. The monoisotopic (exact) mass is 145 g/mol. The largest absolute Gasteiger partial charge is 0.510 e. The van der Waals surface area contributed by atoms with E-state index in [1.165, 1.54) is 12.5 Å². The van der Waals surface area contributed by atoms with E-state index in [1.807, 2.05) is 0 Å². The molecule has 0 fully saturated rings. The van der Waals surface area contributed by atoms with E-state index >= 15 is 0 Å². The molecule has 1 aromatic rings. The van der Waals surface area contributed by atoms with Crippen LogP contribution in [0.3, 0.4) is 0 Å². The molecule has 0 saturated heterocycles. The quantitative estimate of drug-likeness (QED) is 0.641. The number of hydrogen-bond acceptors (Lipinski definition) is 2. The van der Waals surface area contributed by atoms with Crippen LogP contribution in [-0.2, 0) is 10.7 Å². The Balaban J connectivity index is 2.58. The van der Waals surface area contributed by atoms with E-state index in [-0.39, 0.29) is 6.16 Å². The zero-order valence-electron chi connectivity index (χ0n) is 4.65. The molecule has 1 heterocycles. The molecule has 3 nitrogen and oxygen atoms in total. The zero-order valence-corrected chi connectivity index (χ0v) is 5.54. The SMILES string of the molecule is O=[P+](O)Cc1ccoc1. The van der Waals surface area contributed by atoms with Gasteiger partial charge in [-0.3, -0.25) is 0 Å². The molecule has 0 amide bonds. The summed E-state index contributed by atoms with van der Waals surface area (Å²) in [5, 5.41) is 0. The van der Waals surface area contributed by atoms with Crippen LogP contribution in [-0.4, -0.2) is 4.89 Å². The van der Waals surface area contributed by atoms with E-state index in [0.717, 1.165) is 5.56 Å². The van der Waals surface area contributed by atoms with Crippen LogP contribution in [0.25, 0.3) is 0 Å². The maximum Gasteiger partial charge on any atom is 0.510 e. The summed E-state index contributed by atoms with van der Waals surface area (Å²) < 4.78 is 14.8. The summed E-state index contributed by atoms with van der Waals surface area (Å²) in [5.41, 5.74) is 0.763. The molecule has 0 aliphatic rings. The fourth-order valence-electron chi connectivity index (χ4n) is 0.539. The highest BCUT2D eigenvalue weighted by Crippen LogP contribution is 2.20. The van der Waals surface area contributed by atoms with Crippen molar-refractivity contribution < 1.29 is 13.9 Å². The summed E-state index contributed by atoms with van der Waals surface area (Å²) in [5.74, 6) is 0. The van der Waals surface area contributed by atoms with Crippen LogP contribution in [0.4, 0.5) is 0 Å². The van der Waals surface area contributed by atoms with Gasteiger partial charge in [0.1, 0.15) is 0 Å². The first-order chi connectivity index (χ1) is 4.29. The van der Waals surface area contributed by atoms with Crippen LogP contribution in [0.2, 0.25) is 0 Å². The molecule has 1 rings (SSSR count). The summed E-state index contributed by atoms with van der Waals surface area (Å²) in [4.78, 5) is 8.39. The average molecular weight is 145 g/mol. The van der Waals surface area contributed by atoms with Crippen LogP contribution in [0, 0.1) is 0 Å². The normalized spacial score (nSPS) is 11.4. The van der Waals surface area contributed by atoms with E-state index in [0.29, 0.717) is 0 Å². The third-order valence-electron chi connectivity index (χ3n) is 0.898. The molecule has 0 saturated carbocycles. The van der Waals surface area contributed by atoms with Gasteiger partial charge in [-0.15, -0.1) is 0 Å². The molecule has 1 unspecified atom stereocenters. The maximum absolute atomic E-state index is 10.2. The van der Waals surface area contributed by atoms with E-state index < -0.39 is 8.03 Å². The lowest BCUT2D eigenvalue weighted by Gasteiger charge is -1.73. The van der Waals surface area contributed by atoms with Crippen LogP contribution < -0.4 is 0 Å². The third-order valence-corrected chi connectivity index (χ3v) is 1.53. The molecule has 0 radical (unpaired) electrons. The molecule has 1 atom stereocenters. The fourth-order valence-corrected chi connectivity index (χ4v) is 1.03. The van der Waals surface area contributed by atoms with Crippen molar-refractivity contribution in [3.8, 4) is 0 Å². The Bertz CT molecular complexity index is 192. The molecule has 9 heavy (non-hydrogen) atoms. The minimum Gasteiger partial charge on any atom is -0.472 e. The van der Waals surface area contributed by atoms with Gasteiger partial charge < -0.3 is 4.42 Å². The van der Waals surface area contributed by atoms with Gasteiger partial charge in [-0.1, -0.05) is 0 Å². The highest BCUT2D eigenvalue weighted by Gasteiger charge is 2.11. The van der Waals surface area contributed by atoms with Gasteiger partial charge in [0.05, 0.1) is 12.5 Å². The van der Waals surface area contributed by atoms with Crippen LogP contribution in [0.15, 0.2) is 23.0 Å². The Hall–Kier alpha value is -0.660. The molecular formula is C5H6O3P+. The molecule has 48 valence electrons. The van der Waals surface area contributed by atoms with Crippen molar-refractivity contribution in [1.29, 1.82) is 0 Å². The first-order valence-electron chi connectivity index (χ1n) is 2.43. The smallest absolute Gasteiger partial charge is 0.472 e. The standard InChI is InChI=1S/C5H5O3P/c6-9(7)4-5-1-2-8-3-5/h1-3H,4H2/p+1. The maximum atomic E-state index is 10.2. The topological polar surface area (TPSA) is 50.4 Å². The number of hydrogen-bond donors (Lipinski definition) is 1. The summed E-state index contributed by atoms with van der Waals surface area (Å²) in [6, 6.07) is 1.67. The van der Waals surface area contributed by atoms with Gasteiger partial charge in [0.25, 0.3) is 0 Å². The molecule has 4 heteroatoms. The predicted octanol–water partition coefficient (Wildman–Crippen LogP) is 1.51. The summed E-state index contributed by atoms with van der Waals surface area (Å²) in [6.45, 7) is 0. The predicted molar refractivity (Wildman–Crippen MR) is 32.2 cm³/mol. The second-order valence-corrected chi connectivity index (χ2v) is 2.66. The Labute approximate surface area is 53.2 Å². The van der Waals surface area contributed by atoms with Crippen molar-refractivity contribution in [2.45, 2.75) is 6.16 Å². The zero-order chi connectivity index (χ0) is 6.69. The summed E-state index contributed by atoms with van der Waals surface area (Å²) in [6.07, 6.45) is 3.13. The van der Waals surface area contributed by atoms with Crippen LogP contribution in [0.1, 0.15) is 5.56 Å². The fraction of sp³-hybridized carbons (Fsp3) is 0.200. The van der Waals surface area contributed by atoms with Gasteiger partial charge in [0, 0.05) is 5.56 Å². The van der Waals surface area contributed by atoms with Crippen LogP contribution >= 0.6 is 8.03 Å². The summed E-state index contributed by atoms with van der Waals surface area (Å²) in [7, 11) is -2.06. The molecule has 0 aliphatic heterocycles. The molecule has 0 bridgehead atoms. The Morgan fingerprint density at radius 2 is 2.56 bits per heavy atom. The highest BCUT2D eigenvalue weighted by atomic mass is 31.1. The van der Waals surface area contributed by atoms with Gasteiger partial charge in [-0.25, -0.2) is 0 Å². The summed E-state index contributed by atoms with van der Waals surface area (Å²) >= 11 is 0. The van der Waals surface area contributed by atoms with E-state index in [2.05, 4.69) is 4.42 Å². The molecule has 0 aromatic carbocycles. The second kappa shape index (κ2) is 2.76. The number of rotatable bonds is 2. The van der Waals surface area contributed by atoms with Crippen molar-refractivity contribution in [1.82, 2.24) is 0 Å². The second-order valence-electron chi connectivity index (χ2n) is 1.64. The Kier molecular flexibility index (Phi) is 1.98. The molecule has 1 aromatic heterocycles. The van der Waals surface area contributed by atoms with E-state index in [1.54, 1.807) is 6.07 Å². The van der Waals surface area contributed by atoms with Gasteiger partial charge in [0.2, 0.25) is 6.16 Å². The minimum atomic E-state index is -2.06. The highest BCUT2D eigenvalue weighted by molar-refractivity contribution is 7.37. The van der Waals surface area contributed by atoms with Gasteiger partial charge >= 0.3 is 8.03 Å². The third kappa shape index (κ3) is 1.96. The van der Waals surface area contributed by atoms with E-state index in [4.69, 9.17) is 4.89 Å². The van der Waals surface area contributed by atoms with Crippen molar-refractivity contribution in [2.24, 2.45) is 0 Å². The van der Waals surface area contributed by atoms with Crippen molar-refractivity contribution in [2.75, 3.05) is 0 Å². The van der Waals surface area contributed by atoms with Crippen molar-refractivity contribution >= 4 is 8.03 Å². The Morgan fingerprint density at radius 3 is 3.00 bits per heavy atom. The Morgan fingerprint density at radius 1 is 1.78 bits per heavy atom. The lowest BCUT2D eigenvalue weighted by atomic mass is 10.4. The molecule has 0 aliphatic carbocycles.